The number of pyridine rings is 1. The summed E-state index contributed by atoms with van der Waals surface area (Å²) in [7, 11) is -3.08. The molecule has 3 aromatic rings. The van der Waals surface area contributed by atoms with Crippen LogP contribution in [0.3, 0.4) is 0 Å². The van der Waals surface area contributed by atoms with Crippen molar-refractivity contribution in [3.8, 4) is 22.8 Å². The van der Waals surface area contributed by atoms with Gasteiger partial charge in [-0.2, -0.15) is 0 Å². The number of rotatable bonds is 7. The number of hydrogen-bond donors (Lipinski definition) is 2. The van der Waals surface area contributed by atoms with E-state index in [2.05, 4.69) is 19.5 Å². The third-order valence-corrected chi connectivity index (χ3v) is 7.92. The van der Waals surface area contributed by atoms with E-state index in [1.807, 2.05) is 6.07 Å². The number of ether oxygens (including phenoxy) is 2. The summed E-state index contributed by atoms with van der Waals surface area (Å²) < 4.78 is 66.7. The van der Waals surface area contributed by atoms with Crippen molar-refractivity contribution in [2.75, 3.05) is 57.8 Å². The lowest BCUT2D eigenvalue weighted by atomic mass is 10.1. The Hall–Kier alpha value is -3.81. The molecule has 206 valence electrons. The number of methoxy groups -OCH3 is 1. The summed E-state index contributed by atoms with van der Waals surface area (Å²) in [5.41, 5.74) is 1.85. The summed E-state index contributed by atoms with van der Waals surface area (Å²) in [6.45, 7) is 4.33. The molecule has 2 aliphatic rings. The number of sulfonamides is 1. The minimum Gasteiger partial charge on any atom is -0.483 e. The van der Waals surface area contributed by atoms with Crippen LogP contribution >= 0.6 is 0 Å². The van der Waals surface area contributed by atoms with E-state index in [0.717, 1.165) is 44.1 Å². The number of hydrogen-bond acceptors (Lipinski definition) is 9. The predicted octanol–water partition coefficient (Wildman–Crippen LogP) is 2.87. The predicted molar refractivity (Wildman–Crippen MR) is 141 cm³/mol. The quantitative estimate of drug-likeness (QED) is 0.454. The molecule has 1 saturated heterocycles. The number of fused-ring (bicyclic) bond motifs is 1. The second kappa shape index (κ2) is 11.1. The zero-order valence-electron chi connectivity index (χ0n) is 21.1. The number of anilines is 1. The normalized spacial score (nSPS) is 15.8. The Morgan fingerprint density at radius 1 is 1.08 bits per heavy atom. The molecule has 39 heavy (non-hydrogen) atoms. The lowest BCUT2D eigenvalue weighted by Gasteiger charge is -2.37. The van der Waals surface area contributed by atoms with E-state index < -0.39 is 26.6 Å². The standard InChI is InChI=1S/C26H27F2N5O5S/c1-37-26-22(31-39(35,36)24-5-3-19(27)14-20(24)28)13-18(15-29-26)17-2-4-23-21(12-17)30-25(16-38-23)33-8-6-32(7-9-33)10-11-34/h2-5,12-15,31,34H,6-11,16H2,1H3. The largest absolute Gasteiger partial charge is 0.483 e. The summed E-state index contributed by atoms with van der Waals surface area (Å²) in [6.07, 6.45) is 1.52. The number of piperazine rings is 1. The van der Waals surface area contributed by atoms with E-state index in [1.54, 1.807) is 12.1 Å². The molecule has 1 fully saturated rings. The van der Waals surface area contributed by atoms with Gasteiger partial charge in [-0.05, 0) is 35.9 Å². The Morgan fingerprint density at radius 3 is 2.59 bits per heavy atom. The summed E-state index contributed by atoms with van der Waals surface area (Å²) in [5.74, 6) is -0.698. The zero-order valence-corrected chi connectivity index (χ0v) is 21.9. The average Bonchev–Trinajstić information content (AvgIpc) is 2.92. The molecule has 0 spiro atoms. The molecule has 2 aromatic carbocycles. The molecule has 0 saturated carbocycles. The maximum absolute atomic E-state index is 14.2. The first-order valence-electron chi connectivity index (χ1n) is 12.2. The number of amidine groups is 1. The molecule has 2 N–H and O–H groups in total. The van der Waals surface area contributed by atoms with E-state index in [4.69, 9.17) is 19.6 Å². The van der Waals surface area contributed by atoms with Crippen molar-refractivity contribution in [3.63, 3.8) is 0 Å². The summed E-state index contributed by atoms with van der Waals surface area (Å²) in [6, 6.07) is 9.13. The highest BCUT2D eigenvalue weighted by molar-refractivity contribution is 7.92. The molecule has 10 nitrogen and oxygen atoms in total. The Kier molecular flexibility index (Phi) is 7.64. The first-order chi connectivity index (χ1) is 18.8. The number of β-amino-alcohol motifs (C(OH)–C–C–N with tert-alkyl or cyclic N) is 1. The highest BCUT2D eigenvalue weighted by Gasteiger charge is 2.25. The molecule has 1 aromatic heterocycles. The van der Waals surface area contributed by atoms with E-state index in [-0.39, 0.29) is 18.2 Å². The minimum absolute atomic E-state index is 0.0161. The first kappa shape index (κ1) is 26.8. The second-order valence-electron chi connectivity index (χ2n) is 9.01. The molecule has 13 heteroatoms. The molecule has 0 radical (unpaired) electrons. The summed E-state index contributed by atoms with van der Waals surface area (Å²) in [4.78, 5) is 12.7. The summed E-state index contributed by atoms with van der Waals surface area (Å²) >= 11 is 0. The van der Waals surface area contributed by atoms with Crippen molar-refractivity contribution < 1.29 is 31.8 Å². The van der Waals surface area contributed by atoms with Crippen LogP contribution in [0.25, 0.3) is 11.1 Å². The fourth-order valence-electron chi connectivity index (χ4n) is 4.49. The van der Waals surface area contributed by atoms with Crippen molar-refractivity contribution in [2.24, 2.45) is 4.99 Å². The molecule has 0 amide bonds. The molecule has 3 heterocycles. The van der Waals surface area contributed by atoms with Crippen LogP contribution in [0, 0.1) is 11.6 Å². The number of nitrogens with zero attached hydrogens (tertiary/aromatic N) is 4. The lowest BCUT2D eigenvalue weighted by molar-refractivity contribution is 0.144. The van der Waals surface area contributed by atoms with E-state index >= 15 is 0 Å². The van der Waals surface area contributed by atoms with Crippen LogP contribution in [0.2, 0.25) is 0 Å². The van der Waals surface area contributed by atoms with Gasteiger partial charge in [-0.3, -0.25) is 9.62 Å². The maximum atomic E-state index is 14.2. The van der Waals surface area contributed by atoms with Crippen LogP contribution in [-0.2, 0) is 10.0 Å². The Labute approximate surface area is 224 Å². The molecular weight excluding hydrogens is 532 g/mol. The van der Waals surface area contributed by atoms with E-state index in [0.29, 0.717) is 41.8 Å². The van der Waals surface area contributed by atoms with Crippen LogP contribution in [0.15, 0.2) is 58.5 Å². The van der Waals surface area contributed by atoms with Crippen molar-refractivity contribution in [1.29, 1.82) is 0 Å². The summed E-state index contributed by atoms with van der Waals surface area (Å²) in [5, 5.41) is 9.16. The molecular formula is C26H27F2N5O5S. The highest BCUT2D eigenvalue weighted by Crippen LogP contribution is 2.37. The van der Waals surface area contributed by atoms with Gasteiger partial charge in [0.2, 0.25) is 5.88 Å². The third kappa shape index (κ3) is 5.79. The fourth-order valence-corrected chi connectivity index (χ4v) is 5.60. The molecule has 0 unspecified atom stereocenters. The Morgan fingerprint density at radius 2 is 1.87 bits per heavy atom. The number of aliphatic imine (C=N–C) groups is 1. The third-order valence-electron chi connectivity index (χ3n) is 6.52. The topological polar surface area (TPSA) is 117 Å². The van der Waals surface area contributed by atoms with Crippen LogP contribution in [0.4, 0.5) is 20.2 Å². The molecule has 0 bridgehead atoms. The highest BCUT2D eigenvalue weighted by atomic mass is 32.2. The van der Waals surface area contributed by atoms with Gasteiger partial charge in [-0.25, -0.2) is 27.2 Å². The van der Waals surface area contributed by atoms with E-state index in [9.17, 15) is 17.2 Å². The van der Waals surface area contributed by atoms with Crippen LogP contribution in [-0.4, -0.2) is 87.2 Å². The van der Waals surface area contributed by atoms with Crippen LogP contribution in [0.1, 0.15) is 0 Å². The van der Waals surface area contributed by atoms with Gasteiger partial charge in [-0.15, -0.1) is 0 Å². The number of aliphatic hydroxyl groups is 1. The number of aromatic nitrogens is 1. The lowest BCUT2D eigenvalue weighted by Crippen LogP contribution is -2.50. The van der Waals surface area contributed by atoms with Gasteiger partial charge < -0.3 is 19.5 Å². The van der Waals surface area contributed by atoms with Gasteiger partial charge in [0, 0.05) is 50.6 Å². The van der Waals surface area contributed by atoms with E-state index in [1.165, 1.54) is 19.4 Å². The molecule has 2 aliphatic heterocycles. The number of halogens is 2. The van der Waals surface area contributed by atoms with Crippen molar-refractivity contribution >= 4 is 27.2 Å². The van der Waals surface area contributed by atoms with Crippen molar-refractivity contribution in [1.82, 2.24) is 14.8 Å². The average molecular weight is 560 g/mol. The van der Waals surface area contributed by atoms with Gasteiger partial charge in [0.1, 0.15) is 46.1 Å². The molecule has 5 rings (SSSR count). The molecule has 0 aliphatic carbocycles. The van der Waals surface area contributed by atoms with Gasteiger partial charge >= 0.3 is 0 Å². The van der Waals surface area contributed by atoms with Crippen molar-refractivity contribution in [2.45, 2.75) is 4.90 Å². The van der Waals surface area contributed by atoms with Gasteiger partial charge in [0.25, 0.3) is 10.0 Å². The number of benzene rings is 2. The number of aliphatic hydroxyl groups excluding tert-OH is 1. The van der Waals surface area contributed by atoms with Gasteiger partial charge in [0.15, 0.2) is 0 Å². The fraction of sp³-hybridized carbons (Fsp3) is 0.308. The smallest absolute Gasteiger partial charge is 0.264 e. The first-order valence-corrected chi connectivity index (χ1v) is 13.7. The second-order valence-corrected chi connectivity index (χ2v) is 10.7. The Bertz CT molecular complexity index is 1510. The zero-order chi connectivity index (χ0) is 27.6. The SMILES string of the molecule is COc1ncc(-c2ccc3c(c2)N=C(N2CCN(CCO)CC2)CO3)cc1NS(=O)(=O)c1ccc(F)cc1F. The maximum Gasteiger partial charge on any atom is 0.264 e. The van der Waals surface area contributed by atoms with Crippen molar-refractivity contribution in [3.05, 3.63) is 60.3 Å². The monoisotopic (exact) mass is 559 g/mol. The molecule has 0 atom stereocenters. The van der Waals surface area contributed by atoms with Crippen LogP contribution in [0.5, 0.6) is 11.6 Å². The van der Waals surface area contributed by atoms with Gasteiger partial charge in [0.05, 0.1) is 13.7 Å². The Balaban J connectivity index is 1.41. The number of nitrogens with one attached hydrogen (secondary N) is 1. The minimum atomic E-state index is -4.41. The van der Waals surface area contributed by atoms with Gasteiger partial charge in [-0.1, -0.05) is 6.07 Å². The van der Waals surface area contributed by atoms with Crippen LogP contribution < -0.4 is 14.2 Å².